The number of nitrogens with two attached hydrogens (primary N) is 1. The minimum absolute atomic E-state index is 0.154. The number of hydrogen-bond donors (Lipinski definition) is 2. The SMILES string of the molecule is Nc1cc(C(F)(F)F)ccc1NCCC1CCCC1. The third-order valence-electron chi connectivity index (χ3n) is 3.72. The summed E-state index contributed by atoms with van der Waals surface area (Å²) in [6, 6.07) is 3.46. The van der Waals surface area contributed by atoms with E-state index in [0.717, 1.165) is 31.0 Å². The highest BCUT2D eigenvalue weighted by Gasteiger charge is 2.30. The summed E-state index contributed by atoms with van der Waals surface area (Å²) in [7, 11) is 0. The third-order valence-corrected chi connectivity index (χ3v) is 3.72. The fraction of sp³-hybridized carbons (Fsp3) is 0.571. The Balaban J connectivity index is 1.90. The van der Waals surface area contributed by atoms with Crippen molar-refractivity contribution in [2.75, 3.05) is 17.6 Å². The van der Waals surface area contributed by atoms with Gasteiger partial charge in [-0.2, -0.15) is 13.2 Å². The number of anilines is 2. The van der Waals surface area contributed by atoms with E-state index in [1.54, 1.807) is 0 Å². The van der Waals surface area contributed by atoms with E-state index >= 15 is 0 Å². The van der Waals surface area contributed by atoms with E-state index in [0.29, 0.717) is 5.69 Å². The predicted molar refractivity (Wildman–Crippen MR) is 70.9 cm³/mol. The van der Waals surface area contributed by atoms with Crippen LogP contribution in [-0.4, -0.2) is 6.54 Å². The molecule has 0 unspecified atom stereocenters. The summed E-state index contributed by atoms with van der Waals surface area (Å²) in [6.45, 7) is 0.764. The van der Waals surface area contributed by atoms with Crippen LogP contribution >= 0.6 is 0 Å². The molecule has 19 heavy (non-hydrogen) atoms. The standard InChI is InChI=1S/C14H19F3N2/c15-14(16,17)11-5-6-13(12(18)9-11)19-8-7-10-3-1-2-4-10/h5-6,9-10,19H,1-4,7-8,18H2. The summed E-state index contributed by atoms with van der Waals surface area (Å²) in [5, 5.41) is 3.13. The Hall–Kier alpha value is -1.39. The summed E-state index contributed by atoms with van der Waals surface area (Å²) in [5.74, 6) is 0.753. The Morgan fingerprint density at radius 2 is 1.89 bits per heavy atom. The van der Waals surface area contributed by atoms with Gasteiger partial charge in [-0.1, -0.05) is 25.7 Å². The highest BCUT2D eigenvalue weighted by molar-refractivity contribution is 5.67. The molecule has 0 spiro atoms. The predicted octanol–water partition coefficient (Wildman–Crippen LogP) is 4.28. The van der Waals surface area contributed by atoms with Crippen molar-refractivity contribution in [3.63, 3.8) is 0 Å². The number of nitrogens with one attached hydrogen (secondary N) is 1. The highest BCUT2D eigenvalue weighted by atomic mass is 19.4. The number of benzene rings is 1. The molecule has 1 aromatic carbocycles. The van der Waals surface area contributed by atoms with Crippen LogP contribution in [0.4, 0.5) is 24.5 Å². The molecule has 2 rings (SSSR count). The molecule has 2 nitrogen and oxygen atoms in total. The first-order chi connectivity index (χ1) is 8.97. The Kier molecular flexibility index (Phi) is 4.22. The summed E-state index contributed by atoms with van der Waals surface area (Å²) in [4.78, 5) is 0. The van der Waals surface area contributed by atoms with E-state index in [1.807, 2.05) is 0 Å². The molecule has 0 saturated heterocycles. The molecule has 1 saturated carbocycles. The lowest BCUT2D eigenvalue weighted by Gasteiger charge is -2.14. The first-order valence-corrected chi connectivity index (χ1v) is 6.67. The third kappa shape index (κ3) is 3.78. The first-order valence-electron chi connectivity index (χ1n) is 6.67. The molecule has 1 aliphatic rings. The Bertz CT molecular complexity index is 423. The van der Waals surface area contributed by atoms with Crippen molar-refractivity contribution in [3.05, 3.63) is 23.8 Å². The van der Waals surface area contributed by atoms with Crippen molar-refractivity contribution in [3.8, 4) is 0 Å². The van der Waals surface area contributed by atoms with Gasteiger partial charge in [0.05, 0.1) is 16.9 Å². The van der Waals surface area contributed by atoms with Gasteiger partial charge in [0, 0.05) is 6.54 Å². The molecule has 1 aromatic rings. The first kappa shape index (κ1) is 14.0. The Morgan fingerprint density at radius 3 is 2.47 bits per heavy atom. The molecule has 0 aliphatic heterocycles. The number of nitrogen functional groups attached to an aromatic ring is 1. The van der Waals surface area contributed by atoms with Crippen molar-refractivity contribution >= 4 is 11.4 Å². The van der Waals surface area contributed by atoms with E-state index in [2.05, 4.69) is 5.32 Å². The smallest absolute Gasteiger partial charge is 0.397 e. The van der Waals surface area contributed by atoms with E-state index in [9.17, 15) is 13.2 Å². The average Bonchev–Trinajstić information content (AvgIpc) is 2.83. The van der Waals surface area contributed by atoms with E-state index in [4.69, 9.17) is 5.73 Å². The van der Waals surface area contributed by atoms with E-state index < -0.39 is 11.7 Å². The Morgan fingerprint density at radius 1 is 1.21 bits per heavy atom. The number of rotatable bonds is 4. The van der Waals surface area contributed by atoms with Gasteiger partial charge in [0.15, 0.2) is 0 Å². The quantitative estimate of drug-likeness (QED) is 0.803. The minimum atomic E-state index is -4.34. The van der Waals surface area contributed by atoms with Gasteiger partial charge in [-0.05, 0) is 30.5 Å². The van der Waals surface area contributed by atoms with Gasteiger partial charge < -0.3 is 11.1 Å². The second kappa shape index (κ2) is 5.72. The van der Waals surface area contributed by atoms with Crippen LogP contribution in [0.15, 0.2) is 18.2 Å². The van der Waals surface area contributed by atoms with Crippen LogP contribution < -0.4 is 11.1 Å². The fourth-order valence-corrected chi connectivity index (χ4v) is 2.61. The fourth-order valence-electron chi connectivity index (χ4n) is 2.61. The number of hydrogen-bond acceptors (Lipinski definition) is 2. The summed E-state index contributed by atoms with van der Waals surface area (Å²) < 4.78 is 37.4. The summed E-state index contributed by atoms with van der Waals surface area (Å²) in [6.07, 6.45) is 1.85. The van der Waals surface area contributed by atoms with E-state index in [1.165, 1.54) is 31.7 Å². The molecule has 0 heterocycles. The summed E-state index contributed by atoms with van der Waals surface area (Å²) in [5.41, 5.74) is 5.69. The highest BCUT2D eigenvalue weighted by Crippen LogP contribution is 2.33. The molecule has 1 aliphatic carbocycles. The molecular weight excluding hydrogens is 253 g/mol. The summed E-state index contributed by atoms with van der Waals surface area (Å²) >= 11 is 0. The molecule has 0 aromatic heterocycles. The topological polar surface area (TPSA) is 38.0 Å². The molecule has 5 heteroatoms. The zero-order valence-electron chi connectivity index (χ0n) is 10.8. The van der Waals surface area contributed by atoms with Crippen LogP contribution in [0.5, 0.6) is 0 Å². The molecule has 0 bridgehead atoms. The molecule has 0 amide bonds. The normalized spacial score (nSPS) is 16.8. The maximum atomic E-state index is 12.5. The maximum absolute atomic E-state index is 12.5. The van der Waals surface area contributed by atoms with Gasteiger partial charge in [-0.15, -0.1) is 0 Å². The average molecular weight is 272 g/mol. The monoisotopic (exact) mass is 272 g/mol. The van der Waals surface area contributed by atoms with E-state index in [-0.39, 0.29) is 5.69 Å². The molecule has 0 radical (unpaired) electrons. The van der Waals surface area contributed by atoms with Crippen molar-refractivity contribution in [1.82, 2.24) is 0 Å². The van der Waals surface area contributed by atoms with Gasteiger partial charge in [-0.3, -0.25) is 0 Å². The molecule has 1 fully saturated rings. The van der Waals surface area contributed by atoms with Crippen LogP contribution in [0.1, 0.15) is 37.7 Å². The zero-order chi connectivity index (χ0) is 13.9. The van der Waals surface area contributed by atoms with Gasteiger partial charge in [0.1, 0.15) is 0 Å². The van der Waals surface area contributed by atoms with Crippen molar-refractivity contribution in [2.24, 2.45) is 5.92 Å². The van der Waals surface area contributed by atoms with Gasteiger partial charge in [-0.25, -0.2) is 0 Å². The molecule has 0 atom stereocenters. The van der Waals surface area contributed by atoms with Crippen LogP contribution in [0.2, 0.25) is 0 Å². The van der Waals surface area contributed by atoms with Crippen LogP contribution in [0.25, 0.3) is 0 Å². The van der Waals surface area contributed by atoms with Crippen LogP contribution in [-0.2, 0) is 6.18 Å². The van der Waals surface area contributed by atoms with Crippen LogP contribution in [0, 0.1) is 5.92 Å². The number of halogens is 3. The Labute approximate surface area is 111 Å². The minimum Gasteiger partial charge on any atom is -0.397 e. The van der Waals surface area contributed by atoms with Crippen molar-refractivity contribution in [1.29, 1.82) is 0 Å². The van der Waals surface area contributed by atoms with Gasteiger partial charge >= 0.3 is 6.18 Å². The van der Waals surface area contributed by atoms with Crippen molar-refractivity contribution in [2.45, 2.75) is 38.3 Å². The zero-order valence-corrected chi connectivity index (χ0v) is 10.8. The maximum Gasteiger partial charge on any atom is 0.416 e. The number of alkyl halides is 3. The lowest BCUT2D eigenvalue weighted by Crippen LogP contribution is -2.10. The lowest BCUT2D eigenvalue weighted by atomic mass is 10.0. The lowest BCUT2D eigenvalue weighted by molar-refractivity contribution is -0.137. The van der Waals surface area contributed by atoms with Gasteiger partial charge in [0.25, 0.3) is 0 Å². The largest absolute Gasteiger partial charge is 0.416 e. The van der Waals surface area contributed by atoms with Crippen LogP contribution in [0.3, 0.4) is 0 Å². The molecule has 3 N–H and O–H groups in total. The molecule has 106 valence electrons. The van der Waals surface area contributed by atoms with Gasteiger partial charge in [0.2, 0.25) is 0 Å². The second-order valence-electron chi connectivity index (χ2n) is 5.17. The molecular formula is C14H19F3N2. The second-order valence-corrected chi connectivity index (χ2v) is 5.17. The van der Waals surface area contributed by atoms with Crippen molar-refractivity contribution < 1.29 is 13.2 Å².